The number of fused-ring (bicyclic) bond motifs is 1. The lowest BCUT2D eigenvalue weighted by molar-refractivity contribution is 0.170. The fraction of sp³-hybridized carbons (Fsp3) is 0.400. The van der Waals surface area contributed by atoms with Crippen molar-refractivity contribution in [3.8, 4) is 11.5 Å². The Hall–Kier alpha value is -0.940. The van der Waals surface area contributed by atoms with Crippen LogP contribution in [0.5, 0.6) is 11.5 Å². The zero-order valence-electron chi connectivity index (χ0n) is 8.70. The van der Waals surface area contributed by atoms with Gasteiger partial charge in [0, 0.05) is 10.7 Å². The van der Waals surface area contributed by atoms with Gasteiger partial charge in [0.1, 0.15) is 13.2 Å². The lowest BCUT2D eigenvalue weighted by Crippen LogP contribution is -2.16. The Labute approximate surface area is 98.5 Å². The highest BCUT2D eigenvalue weighted by atomic mass is 35.7. The van der Waals surface area contributed by atoms with Gasteiger partial charge in [-0.05, 0) is 24.1 Å². The molecular weight excluding hydrogens is 252 g/mol. The van der Waals surface area contributed by atoms with Crippen molar-refractivity contribution in [2.45, 2.75) is 12.7 Å². The smallest absolute Gasteiger partial charge is 0.236 e. The van der Waals surface area contributed by atoms with Gasteiger partial charge in [-0.2, -0.15) is 0 Å². The van der Waals surface area contributed by atoms with E-state index in [9.17, 15) is 8.42 Å². The largest absolute Gasteiger partial charge is 0.486 e. The molecular formula is C10H11ClO4S. The van der Waals surface area contributed by atoms with Crippen molar-refractivity contribution >= 4 is 19.7 Å². The quantitative estimate of drug-likeness (QED) is 0.763. The summed E-state index contributed by atoms with van der Waals surface area (Å²) in [5.41, 5.74) is 1.46. The molecule has 1 aromatic carbocycles. The number of halogens is 1. The molecule has 88 valence electrons. The maximum atomic E-state index is 11.0. The van der Waals surface area contributed by atoms with Crippen LogP contribution in [0.25, 0.3) is 0 Å². The van der Waals surface area contributed by atoms with Crippen LogP contribution in [0.1, 0.15) is 11.1 Å². The summed E-state index contributed by atoms with van der Waals surface area (Å²) in [6, 6.07) is 3.40. The lowest BCUT2D eigenvalue weighted by Gasteiger charge is -2.20. The van der Waals surface area contributed by atoms with Crippen molar-refractivity contribution in [3.05, 3.63) is 23.3 Å². The van der Waals surface area contributed by atoms with E-state index in [0.29, 0.717) is 30.3 Å². The fourth-order valence-corrected chi connectivity index (χ4v) is 2.63. The van der Waals surface area contributed by atoms with Crippen molar-refractivity contribution in [2.75, 3.05) is 13.2 Å². The van der Waals surface area contributed by atoms with E-state index < -0.39 is 9.05 Å². The van der Waals surface area contributed by atoms with Crippen LogP contribution in [0.3, 0.4) is 0 Å². The van der Waals surface area contributed by atoms with Crippen molar-refractivity contribution in [1.82, 2.24) is 0 Å². The fourth-order valence-electron chi connectivity index (χ4n) is 1.68. The number of benzene rings is 1. The summed E-state index contributed by atoms with van der Waals surface area (Å²) in [7, 11) is 1.66. The average Bonchev–Trinajstić information content (AvgIpc) is 2.15. The van der Waals surface area contributed by atoms with Crippen LogP contribution < -0.4 is 9.47 Å². The van der Waals surface area contributed by atoms with E-state index in [1.807, 2.05) is 6.92 Å². The number of hydrogen-bond donors (Lipinski definition) is 0. The second kappa shape index (κ2) is 4.14. The normalized spacial score (nSPS) is 14.9. The molecule has 1 aromatic rings. The third-order valence-electron chi connectivity index (χ3n) is 2.23. The second-order valence-electron chi connectivity index (χ2n) is 3.62. The van der Waals surface area contributed by atoms with Gasteiger partial charge in [0.2, 0.25) is 9.05 Å². The Morgan fingerprint density at radius 1 is 1.31 bits per heavy atom. The molecule has 0 fully saturated rings. The first-order valence-electron chi connectivity index (χ1n) is 4.77. The van der Waals surface area contributed by atoms with Gasteiger partial charge in [0.25, 0.3) is 0 Å². The summed E-state index contributed by atoms with van der Waals surface area (Å²) in [6.45, 7) is 2.84. The van der Waals surface area contributed by atoms with Crippen molar-refractivity contribution in [1.29, 1.82) is 0 Å². The summed E-state index contributed by atoms with van der Waals surface area (Å²) in [5.74, 6) is 1.06. The van der Waals surface area contributed by atoms with Crippen LogP contribution in [-0.4, -0.2) is 21.6 Å². The first kappa shape index (κ1) is 11.5. The lowest BCUT2D eigenvalue weighted by atomic mass is 10.1. The second-order valence-corrected chi connectivity index (χ2v) is 6.40. The molecule has 0 saturated heterocycles. The van der Waals surface area contributed by atoms with Gasteiger partial charge in [-0.15, -0.1) is 0 Å². The SMILES string of the molecule is Cc1cc(CS(=O)(=O)Cl)cc2c1OCCO2. The number of rotatable bonds is 2. The molecule has 1 heterocycles. The topological polar surface area (TPSA) is 52.6 Å². The highest BCUT2D eigenvalue weighted by Crippen LogP contribution is 2.35. The summed E-state index contributed by atoms with van der Waals surface area (Å²) < 4.78 is 32.8. The molecule has 16 heavy (non-hydrogen) atoms. The Morgan fingerprint density at radius 3 is 2.69 bits per heavy atom. The van der Waals surface area contributed by atoms with Crippen LogP contribution in [0.15, 0.2) is 12.1 Å². The molecule has 2 rings (SSSR count). The van der Waals surface area contributed by atoms with Crippen LogP contribution in [0, 0.1) is 6.92 Å². The minimum atomic E-state index is -3.54. The minimum Gasteiger partial charge on any atom is -0.486 e. The molecule has 0 atom stereocenters. The van der Waals surface area contributed by atoms with E-state index in [1.54, 1.807) is 12.1 Å². The van der Waals surface area contributed by atoms with E-state index >= 15 is 0 Å². The van der Waals surface area contributed by atoms with Crippen molar-refractivity contribution < 1.29 is 17.9 Å². The van der Waals surface area contributed by atoms with Gasteiger partial charge < -0.3 is 9.47 Å². The van der Waals surface area contributed by atoms with E-state index in [1.165, 1.54) is 0 Å². The molecule has 0 aliphatic carbocycles. The summed E-state index contributed by atoms with van der Waals surface area (Å²) in [6.07, 6.45) is 0. The average molecular weight is 263 g/mol. The van der Waals surface area contributed by atoms with E-state index in [4.69, 9.17) is 20.2 Å². The van der Waals surface area contributed by atoms with Gasteiger partial charge in [0.05, 0.1) is 5.75 Å². The third kappa shape index (κ3) is 2.59. The number of hydrogen-bond acceptors (Lipinski definition) is 4. The van der Waals surface area contributed by atoms with Gasteiger partial charge in [-0.3, -0.25) is 0 Å². The van der Waals surface area contributed by atoms with Crippen molar-refractivity contribution in [2.24, 2.45) is 0 Å². The zero-order chi connectivity index (χ0) is 11.8. The molecule has 0 saturated carbocycles. The minimum absolute atomic E-state index is 0.202. The molecule has 1 aliphatic heterocycles. The predicted octanol–water partition coefficient (Wildman–Crippen LogP) is 1.83. The molecule has 1 aliphatic rings. The molecule has 0 aromatic heterocycles. The van der Waals surface area contributed by atoms with E-state index in [-0.39, 0.29) is 5.75 Å². The Morgan fingerprint density at radius 2 is 2.00 bits per heavy atom. The van der Waals surface area contributed by atoms with Crippen LogP contribution in [0.2, 0.25) is 0 Å². The highest BCUT2D eigenvalue weighted by Gasteiger charge is 2.17. The molecule has 4 nitrogen and oxygen atoms in total. The maximum absolute atomic E-state index is 11.0. The molecule has 0 amide bonds. The maximum Gasteiger partial charge on any atom is 0.236 e. The molecule has 0 radical (unpaired) electrons. The molecule has 0 N–H and O–H groups in total. The number of aryl methyl sites for hydroxylation is 1. The number of ether oxygens (including phenoxy) is 2. The molecule has 0 spiro atoms. The van der Waals surface area contributed by atoms with Gasteiger partial charge >= 0.3 is 0 Å². The Bertz CT molecular complexity index is 510. The summed E-state index contributed by atoms with van der Waals surface area (Å²) >= 11 is 0. The van der Waals surface area contributed by atoms with Crippen LogP contribution in [0.4, 0.5) is 0 Å². The Kier molecular flexibility index (Phi) is 2.99. The third-order valence-corrected chi connectivity index (χ3v) is 3.23. The van der Waals surface area contributed by atoms with E-state index in [0.717, 1.165) is 5.56 Å². The molecule has 6 heteroatoms. The van der Waals surface area contributed by atoms with Gasteiger partial charge in [0.15, 0.2) is 11.5 Å². The first-order valence-corrected chi connectivity index (χ1v) is 7.25. The molecule has 0 unspecified atom stereocenters. The Balaban J connectivity index is 2.39. The predicted molar refractivity (Wildman–Crippen MR) is 60.6 cm³/mol. The molecule has 0 bridgehead atoms. The standard InChI is InChI=1S/C10H11ClO4S/c1-7-4-8(6-16(11,12)13)5-9-10(7)15-3-2-14-9/h4-5H,2-3,6H2,1H3. The highest BCUT2D eigenvalue weighted by molar-refractivity contribution is 8.13. The van der Waals surface area contributed by atoms with Crippen LogP contribution >= 0.6 is 10.7 Å². The van der Waals surface area contributed by atoms with Gasteiger partial charge in [-0.1, -0.05) is 6.07 Å². The first-order chi connectivity index (χ1) is 7.46. The van der Waals surface area contributed by atoms with Crippen molar-refractivity contribution in [3.63, 3.8) is 0 Å². The zero-order valence-corrected chi connectivity index (χ0v) is 10.3. The summed E-state index contributed by atoms with van der Waals surface area (Å²) in [5, 5.41) is 0. The van der Waals surface area contributed by atoms with Gasteiger partial charge in [-0.25, -0.2) is 8.42 Å². The van der Waals surface area contributed by atoms with E-state index in [2.05, 4.69) is 0 Å². The van der Waals surface area contributed by atoms with Crippen LogP contribution in [-0.2, 0) is 14.8 Å². The summed E-state index contributed by atoms with van der Waals surface area (Å²) in [4.78, 5) is 0. The monoisotopic (exact) mass is 262 g/mol.